The number of carbonyl (C=O) groups is 2. The number of halogens is 3. The summed E-state index contributed by atoms with van der Waals surface area (Å²) in [6.45, 7) is 4.22. The minimum atomic E-state index is -5.08. The third kappa shape index (κ3) is 6.99. The van der Waals surface area contributed by atoms with Crippen LogP contribution in [0.5, 0.6) is 0 Å². The highest BCUT2D eigenvalue weighted by Crippen LogP contribution is 2.34. The number of likely N-dealkylation sites (N-methyl/N-ethyl adjacent to an activating group) is 1. The number of piperidine rings is 1. The van der Waals surface area contributed by atoms with E-state index in [1.807, 2.05) is 17.0 Å². The number of methoxy groups -OCH3 is 1. The third-order valence-corrected chi connectivity index (χ3v) is 5.17. The number of ether oxygens (including phenoxy) is 2. The second-order valence-corrected chi connectivity index (χ2v) is 7.44. The molecule has 1 N–H and O–H groups in total. The first-order valence-corrected chi connectivity index (χ1v) is 9.51. The highest BCUT2D eigenvalue weighted by molar-refractivity contribution is 5.77. The fourth-order valence-corrected chi connectivity index (χ4v) is 3.70. The molecule has 1 aromatic heterocycles. The van der Waals surface area contributed by atoms with Crippen LogP contribution in [0, 0.1) is 11.8 Å². The molecule has 11 heteroatoms. The van der Waals surface area contributed by atoms with Gasteiger partial charge >= 0.3 is 12.1 Å². The quantitative estimate of drug-likeness (QED) is 0.728. The van der Waals surface area contributed by atoms with Crippen LogP contribution >= 0.6 is 0 Å². The summed E-state index contributed by atoms with van der Waals surface area (Å²) in [6.07, 6.45) is -2.18. The molecular weight excluding hydrogens is 409 g/mol. The van der Waals surface area contributed by atoms with Crippen LogP contribution in [-0.4, -0.2) is 86.1 Å². The number of carboxylic acids is 1. The molecule has 0 bridgehead atoms. The SMILES string of the molecule is COCC(=O)N1CC[C@H]2CO[C@H](CN(C)Cc3ccco3)[C@H]2C1.O=C(O)C(F)(F)F. The molecule has 1 aromatic rings. The Hall–Kier alpha value is -2.11. The summed E-state index contributed by atoms with van der Waals surface area (Å²) in [5, 5.41) is 7.12. The van der Waals surface area contributed by atoms with Gasteiger partial charge < -0.3 is 23.9 Å². The van der Waals surface area contributed by atoms with Gasteiger partial charge in [0.05, 0.1) is 25.5 Å². The lowest BCUT2D eigenvalue weighted by atomic mass is 9.84. The van der Waals surface area contributed by atoms with Gasteiger partial charge in [-0.05, 0) is 31.5 Å². The van der Waals surface area contributed by atoms with Crippen LogP contribution in [0.3, 0.4) is 0 Å². The van der Waals surface area contributed by atoms with Crippen molar-refractivity contribution in [2.24, 2.45) is 11.8 Å². The number of carbonyl (C=O) groups excluding carboxylic acids is 1. The minimum Gasteiger partial charge on any atom is -0.475 e. The van der Waals surface area contributed by atoms with E-state index in [-0.39, 0.29) is 18.6 Å². The smallest absolute Gasteiger partial charge is 0.475 e. The van der Waals surface area contributed by atoms with E-state index in [0.717, 1.165) is 45.0 Å². The Morgan fingerprint density at radius 3 is 2.67 bits per heavy atom. The lowest BCUT2D eigenvalue weighted by molar-refractivity contribution is -0.192. The zero-order valence-electron chi connectivity index (χ0n) is 16.9. The van der Waals surface area contributed by atoms with Crippen molar-refractivity contribution in [1.82, 2.24) is 9.80 Å². The number of amides is 1. The number of furan rings is 1. The van der Waals surface area contributed by atoms with Crippen LogP contribution < -0.4 is 0 Å². The van der Waals surface area contributed by atoms with Crippen LogP contribution in [0.1, 0.15) is 12.2 Å². The minimum absolute atomic E-state index is 0.0838. The van der Waals surface area contributed by atoms with Crippen molar-refractivity contribution < 1.29 is 41.8 Å². The fourth-order valence-electron chi connectivity index (χ4n) is 3.70. The molecule has 3 heterocycles. The number of hydrogen-bond acceptors (Lipinski definition) is 6. The fraction of sp³-hybridized carbons (Fsp3) is 0.684. The van der Waals surface area contributed by atoms with Gasteiger partial charge in [0, 0.05) is 32.7 Å². The number of aliphatic carboxylic acids is 1. The van der Waals surface area contributed by atoms with E-state index in [9.17, 15) is 18.0 Å². The van der Waals surface area contributed by atoms with Gasteiger partial charge in [-0.3, -0.25) is 9.69 Å². The molecular formula is C19H27F3N2O6. The standard InChI is InChI=1S/C17H26N2O4.C2HF3O2/c1-18(8-14-4-3-7-22-14)10-16-15-9-19(17(20)12-21-2)6-5-13(15)11-23-16;3-2(4,5)1(6)7/h3-4,7,13,15-16H,5-6,8-12H2,1-2H3;(H,6,7)/t13-,15-,16+;/m0./s1. The Morgan fingerprint density at radius 2 is 2.10 bits per heavy atom. The third-order valence-electron chi connectivity index (χ3n) is 5.17. The number of rotatable bonds is 6. The summed E-state index contributed by atoms with van der Waals surface area (Å²) >= 11 is 0. The van der Waals surface area contributed by atoms with Crippen molar-refractivity contribution >= 4 is 11.9 Å². The molecule has 2 aliphatic heterocycles. The van der Waals surface area contributed by atoms with Gasteiger partial charge in [-0.25, -0.2) is 4.79 Å². The molecule has 3 rings (SSSR count). The zero-order chi connectivity index (χ0) is 22.3. The summed E-state index contributed by atoms with van der Waals surface area (Å²) in [6, 6.07) is 3.90. The summed E-state index contributed by atoms with van der Waals surface area (Å²) in [4.78, 5) is 25.1. The molecule has 1 amide bonds. The highest BCUT2D eigenvalue weighted by atomic mass is 19.4. The molecule has 2 saturated heterocycles. The average Bonchev–Trinajstić information content (AvgIpc) is 3.31. The second kappa shape index (κ2) is 10.8. The predicted octanol–water partition coefficient (Wildman–Crippen LogP) is 1.85. The molecule has 0 unspecified atom stereocenters. The molecule has 8 nitrogen and oxygen atoms in total. The number of alkyl halides is 3. The number of carboxylic acid groups (broad SMARTS) is 1. The van der Waals surface area contributed by atoms with E-state index in [4.69, 9.17) is 23.8 Å². The van der Waals surface area contributed by atoms with Gasteiger partial charge in [0.2, 0.25) is 5.91 Å². The number of nitrogens with zero attached hydrogens (tertiary/aromatic N) is 2. The van der Waals surface area contributed by atoms with E-state index < -0.39 is 12.1 Å². The number of hydrogen-bond donors (Lipinski definition) is 1. The van der Waals surface area contributed by atoms with Crippen LogP contribution in [0.15, 0.2) is 22.8 Å². The summed E-state index contributed by atoms with van der Waals surface area (Å²) < 4.78 is 48.2. The summed E-state index contributed by atoms with van der Waals surface area (Å²) in [5.74, 6) is -0.720. The van der Waals surface area contributed by atoms with Crippen molar-refractivity contribution in [2.75, 3.05) is 47.0 Å². The van der Waals surface area contributed by atoms with Gasteiger partial charge in [0.15, 0.2) is 0 Å². The first-order valence-electron chi connectivity index (χ1n) is 9.51. The molecule has 0 radical (unpaired) electrons. The molecule has 0 saturated carbocycles. The first kappa shape index (κ1) is 24.2. The average molecular weight is 436 g/mol. The summed E-state index contributed by atoms with van der Waals surface area (Å²) in [5.41, 5.74) is 0. The lowest BCUT2D eigenvalue weighted by Gasteiger charge is -2.36. The van der Waals surface area contributed by atoms with Crippen molar-refractivity contribution in [2.45, 2.75) is 25.2 Å². The van der Waals surface area contributed by atoms with Crippen LogP contribution in [0.4, 0.5) is 13.2 Å². The number of fused-ring (bicyclic) bond motifs is 1. The normalized spacial score (nSPS) is 23.7. The van der Waals surface area contributed by atoms with E-state index in [1.54, 1.807) is 13.4 Å². The molecule has 30 heavy (non-hydrogen) atoms. The molecule has 0 aromatic carbocycles. The van der Waals surface area contributed by atoms with Gasteiger partial charge in [-0.1, -0.05) is 0 Å². The Balaban J connectivity index is 0.000000396. The monoisotopic (exact) mass is 436 g/mol. The zero-order valence-corrected chi connectivity index (χ0v) is 16.9. The van der Waals surface area contributed by atoms with E-state index in [2.05, 4.69) is 11.9 Å². The van der Waals surface area contributed by atoms with Gasteiger partial charge in [0.1, 0.15) is 12.4 Å². The van der Waals surface area contributed by atoms with Crippen molar-refractivity contribution in [3.63, 3.8) is 0 Å². The van der Waals surface area contributed by atoms with E-state index >= 15 is 0 Å². The molecule has 0 aliphatic carbocycles. The van der Waals surface area contributed by atoms with Crippen molar-refractivity contribution in [3.05, 3.63) is 24.2 Å². The Labute approximate surface area is 172 Å². The Bertz CT molecular complexity index is 682. The van der Waals surface area contributed by atoms with Crippen molar-refractivity contribution in [3.8, 4) is 0 Å². The molecule has 170 valence electrons. The van der Waals surface area contributed by atoms with Crippen molar-refractivity contribution in [1.29, 1.82) is 0 Å². The summed E-state index contributed by atoms with van der Waals surface area (Å²) in [7, 11) is 3.64. The maximum Gasteiger partial charge on any atom is 0.490 e. The van der Waals surface area contributed by atoms with Crippen LogP contribution in [-0.2, 0) is 25.6 Å². The van der Waals surface area contributed by atoms with Crippen LogP contribution in [0.2, 0.25) is 0 Å². The maximum absolute atomic E-state index is 12.1. The highest BCUT2D eigenvalue weighted by Gasteiger charge is 2.42. The first-order chi connectivity index (χ1) is 14.1. The van der Waals surface area contributed by atoms with Gasteiger partial charge in [-0.2, -0.15) is 13.2 Å². The van der Waals surface area contributed by atoms with Crippen LogP contribution in [0.25, 0.3) is 0 Å². The Kier molecular flexibility index (Phi) is 8.68. The maximum atomic E-state index is 12.1. The molecule has 2 aliphatic rings. The largest absolute Gasteiger partial charge is 0.490 e. The van der Waals surface area contributed by atoms with Gasteiger partial charge in [0.25, 0.3) is 0 Å². The van der Waals surface area contributed by atoms with E-state index in [1.165, 1.54) is 0 Å². The molecule has 0 spiro atoms. The molecule has 3 atom stereocenters. The van der Waals surface area contributed by atoms with Gasteiger partial charge in [-0.15, -0.1) is 0 Å². The van der Waals surface area contributed by atoms with E-state index in [0.29, 0.717) is 11.8 Å². The molecule has 2 fully saturated rings. The Morgan fingerprint density at radius 1 is 1.40 bits per heavy atom. The number of likely N-dealkylation sites (tertiary alicyclic amines) is 1. The predicted molar refractivity (Wildman–Crippen MR) is 98.5 cm³/mol. The lowest BCUT2D eigenvalue weighted by Crippen LogP contribution is -2.48. The topological polar surface area (TPSA) is 92.5 Å². The second-order valence-electron chi connectivity index (χ2n) is 7.44.